The monoisotopic (exact) mass is 229 g/mol. The number of carboxylic acids is 1. The average molecular weight is 229 g/mol. The predicted octanol–water partition coefficient (Wildman–Crippen LogP) is 0.927. The van der Waals surface area contributed by atoms with Gasteiger partial charge in [-0.05, 0) is 19.3 Å². The van der Waals surface area contributed by atoms with Crippen molar-refractivity contribution in [3.8, 4) is 0 Å². The van der Waals surface area contributed by atoms with E-state index in [4.69, 9.17) is 9.84 Å². The molecule has 0 bridgehead atoms. The standard InChI is InChI=1S/C11H19NO4/c1-2-3-4-7-16-8-9(13)12-11(5-6-11)10(14)15/h2-8H2,1H3,(H,12,13)(H,14,15). The number of carbonyl (C=O) groups excluding carboxylic acids is 1. The maximum absolute atomic E-state index is 11.3. The number of aliphatic carboxylic acids is 1. The van der Waals surface area contributed by atoms with Crippen molar-refractivity contribution in [1.29, 1.82) is 0 Å². The van der Waals surface area contributed by atoms with Gasteiger partial charge in [-0.15, -0.1) is 0 Å². The SMILES string of the molecule is CCCCCOCC(=O)NC1(C(=O)O)CC1. The van der Waals surface area contributed by atoms with Crippen LogP contribution in [0.4, 0.5) is 0 Å². The molecule has 0 aromatic rings. The molecule has 1 amide bonds. The third kappa shape index (κ3) is 3.81. The molecule has 0 spiro atoms. The van der Waals surface area contributed by atoms with Gasteiger partial charge < -0.3 is 15.2 Å². The Bertz CT molecular complexity index is 261. The smallest absolute Gasteiger partial charge is 0.329 e. The van der Waals surface area contributed by atoms with Gasteiger partial charge in [0.05, 0.1) is 0 Å². The quantitative estimate of drug-likeness (QED) is 0.607. The molecule has 5 heteroatoms. The largest absolute Gasteiger partial charge is 0.480 e. The van der Waals surface area contributed by atoms with E-state index in [0.717, 1.165) is 19.3 Å². The lowest BCUT2D eigenvalue weighted by Gasteiger charge is -2.12. The van der Waals surface area contributed by atoms with Gasteiger partial charge in [-0.1, -0.05) is 19.8 Å². The number of rotatable bonds is 8. The Kier molecular flexibility index (Phi) is 4.73. The van der Waals surface area contributed by atoms with E-state index in [1.54, 1.807) is 0 Å². The fraction of sp³-hybridized carbons (Fsp3) is 0.818. The number of carbonyl (C=O) groups is 2. The lowest BCUT2D eigenvalue weighted by atomic mass is 10.2. The summed E-state index contributed by atoms with van der Waals surface area (Å²) in [6, 6.07) is 0. The lowest BCUT2D eigenvalue weighted by Crippen LogP contribution is -2.44. The fourth-order valence-corrected chi connectivity index (χ4v) is 1.44. The van der Waals surface area contributed by atoms with Crippen molar-refractivity contribution in [2.24, 2.45) is 0 Å². The van der Waals surface area contributed by atoms with E-state index >= 15 is 0 Å². The van der Waals surface area contributed by atoms with Crippen LogP contribution in [0, 0.1) is 0 Å². The van der Waals surface area contributed by atoms with Crippen molar-refractivity contribution in [2.75, 3.05) is 13.2 Å². The normalized spacial score (nSPS) is 16.8. The van der Waals surface area contributed by atoms with E-state index in [0.29, 0.717) is 19.4 Å². The maximum Gasteiger partial charge on any atom is 0.329 e. The van der Waals surface area contributed by atoms with Crippen molar-refractivity contribution in [2.45, 2.75) is 44.6 Å². The van der Waals surface area contributed by atoms with Crippen LogP contribution in [0.25, 0.3) is 0 Å². The highest BCUT2D eigenvalue weighted by molar-refractivity contribution is 5.89. The Hall–Kier alpha value is -1.10. The van der Waals surface area contributed by atoms with Crippen LogP contribution >= 0.6 is 0 Å². The molecule has 0 radical (unpaired) electrons. The van der Waals surface area contributed by atoms with E-state index in [2.05, 4.69) is 12.2 Å². The molecule has 0 saturated heterocycles. The molecule has 2 N–H and O–H groups in total. The fourth-order valence-electron chi connectivity index (χ4n) is 1.44. The minimum atomic E-state index is -0.996. The summed E-state index contributed by atoms with van der Waals surface area (Å²) in [4.78, 5) is 22.1. The summed E-state index contributed by atoms with van der Waals surface area (Å²) in [6.07, 6.45) is 4.17. The molecule has 0 heterocycles. The minimum absolute atomic E-state index is 0.0429. The van der Waals surface area contributed by atoms with Crippen molar-refractivity contribution >= 4 is 11.9 Å². The van der Waals surface area contributed by atoms with Gasteiger partial charge in [-0.3, -0.25) is 4.79 Å². The van der Waals surface area contributed by atoms with Crippen LogP contribution in [0.3, 0.4) is 0 Å². The average Bonchev–Trinajstić information content (AvgIpc) is 2.98. The number of unbranched alkanes of at least 4 members (excludes halogenated alkanes) is 2. The van der Waals surface area contributed by atoms with Crippen LogP contribution < -0.4 is 5.32 Å². The van der Waals surface area contributed by atoms with Gasteiger partial charge in [0.25, 0.3) is 0 Å². The summed E-state index contributed by atoms with van der Waals surface area (Å²) in [5, 5.41) is 11.3. The van der Waals surface area contributed by atoms with Crippen molar-refractivity contribution in [3.63, 3.8) is 0 Å². The van der Waals surface area contributed by atoms with Crippen LogP contribution in [-0.4, -0.2) is 35.7 Å². The Morgan fingerprint density at radius 1 is 1.38 bits per heavy atom. The van der Waals surface area contributed by atoms with Gasteiger partial charge in [0.2, 0.25) is 5.91 Å². The molecular formula is C11H19NO4. The second kappa shape index (κ2) is 5.84. The topological polar surface area (TPSA) is 75.6 Å². The van der Waals surface area contributed by atoms with Crippen molar-refractivity contribution in [3.05, 3.63) is 0 Å². The Labute approximate surface area is 95.2 Å². The molecule has 0 aliphatic heterocycles. The van der Waals surface area contributed by atoms with E-state index in [9.17, 15) is 9.59 Å². The zero-order valence-electron chi connectivity index (χ0n) is 9.62. The van der Waals surface area contributed by atoms with Crippen molar-refractivity contribution < 1.29 is 19.4 Å². The van der Waals surface area contributed by atoms with Crippen LogP contribution in [0.15, 0.2) is 0 Å². The summed E-state index contributed by atoms with van der Waals surface area (Å²) in [5.41, 5.74) is -0.996. The summed E-state index contributed by atoms with van der Waals surface area (Å²) in [5.74, 6) is -1.29. The van der Waals surface area contributed by atoms with Crippen LogP contribution in [-0.2, 0) is 14.3 Å². The first-order valence-corrected chi connectivity index (χ1v) is 5.73. The van der Waals surface area contributed by atoms with Crippen LogP contribution in [0.1, 0.15) is 39.0 Å². The molecule has 92 valence electrons. The molecule has 1 saturated carbocycles. The number of ether oxygens (including phenoxy) is 1. The van der Waals surface area contributed by atoms with Gasteiger partial charge in [0.15, 0.2) is 0 Å². The van der Waals surface area contributed by atoms with E-state index in [1.807, 2.05) is 0 Å². The highest BCUT2D eigenvalue weighted by Crippen LogP contribution is 2.35. The molecule has 1 rings (SSSR count). The van der Waals surface area contributed by atoms with E-state index in [1.165, 1.54) is 0 Å². The Morgan fingerprint density at radius 3 is 2.56 bits per heavy atom. The van der Waals surface area contributed by atoms with Crippen LogP contribution in [0.2, 0.25) is 0 Å². The first kappa shape index (κ1) is 13.0. The summed E-state index contributed by atoms with van der Waals surface area (Å²) < 4.78 is 5.15. The predicted molar refractivity (Wildman–Crippen MR) is 58.1 cm³/mol. The molecule has 1 aliphatic rings. The second-order valence-corrected chi connectivity index (χ2v) is 4.20. The van der Waals surface area contributed by atoms with Gasteiger partial charge in [0, 0.05) is 6.61 Å². The third-order valence-corrected chi connectivity index (χ3v) is 2.66. The van der Waals surface area contributed by atoms with E-state index < -0.39 is 11.5 Å². The zero-order valence-corrected chi connectivity index (χ0v) is 9.62. The van der Waals surface area contributed by atoms with Crippen LogP contribution in [0.5, 0.6) is 0 Å². The molecule has 0 unspecified atom stereocenters. The first-order chi connectivity index (χ1) is 7.60. The zero-order chi connectivity index (χ0) is 12.0. The molecule has 0 atom stereocenters. The molecule has 1 fully saturated rings. The second-order valence-electron chi connectivity index (χ2n) is 4.20. The number of carboxylic acid groups (broad SMARTS) is 1. The number of hydrogen-bond donors (Lipinski definition) is 2. The maximum atomic E-state index is 11.3. The minimum Gasteiger partial charge on any atom is -0.480 e. The van der Waals surface area contributed by atoms with Gasteiger partial charge >= 0.3 is 5.97 Å². The molecule has 1 aliphatic carbocycles. The van der Waals surface area contributed by atoms with Gasteiger partial charge in [-0.25, -0.2) is 4.79 Å². The van der Waals surface area contributed by atoms with E-state index in [-0.39, 0.29) is 12.5 Å². The van der Waals surface area contributed by atoms with Gasteiger partial charge in [-0.2, -0.15) is 0 Å². The molecular weight excluding hydrogens is 210 g/mol. The molecule has 0 aromatic heterocycles. The first-order valence-electron chi connectivity index (χ1n) is 5.73. The molecule has 5 nitrogen and oxygen atoms in total. The highest BCUT2D eigenvalue weighted by atomic mass is 16.5. The summed E-state index contributed by atoms with van der Waals surface area (Å²) >= 11 is 0. The number of hydrogen-bond acceptors (Lipinski definition) is 3. The Balaban J connectivity index is 2.10. The summed E-state index contributed by atoms with van der Waals surface area (Å²) in [6.45, 7) is 2.61. The Morgan fingerprint density at radius 2 is 2.06 bits per heavy atom. The summed E-state index contributed by atoms with van der Waals surface area (Å²) in [7, 11) is 0. The lowest BCUT2D eigenvalue weighted by molar-refractivity contribution is -0.143. The highest BCUT2D eigenvalue weighted by Gasteiger charge is 2.51. The van der Waals surface area contributed by atoms with Crippen molar-refractivity contribution in [1.82, 2.24) is 5.32 Å². The van der Waals surface area contributed by atoms with Gasteiger partial charge in [0.1, 0.15) is 12.1 Å². The number of amides is 1. The molecule has 0 aromatic carbocycles. The number of nitrogens with one attached hydrogen (secondary N) is 1. The third-order valence-electron chi connectivity index (χ3n) is 2.66. The molecule has 16 heavy (non-hydrogen) atoms.